The summed E-state index contributed by atoms with van der Waals surface area (Å²) >= 11 is 0. The van der Waals surface area contributed by atoms with Crippen LogP contribution in [-0.2, 0) is 0 Å². The van der Waals surface area contributed by atoms with Crippen LogP contribution in [0.5, 0.6) is 5.75 Å². The van der Waals surface area contributed by atoms with Gasteiger partial charge in [0.25, 0.3) is 0 Å². The zero-order valence-electron chi connectivity index (χ0n) is 11.6. The van der Waals surface area contributed by atoms with Crippen molar-refractivity contribution in [1.82, 2.24) is 10.3 Å². The molecule has 1 atom stereocenters. The van der Waals surface area contributed by atoms with Gasteiger partial charge in [0.1, 0.15) is 11.9 Å². The summed E-state index contributed by atoms with van der Waals surface area (Å²) in [7, 11) is 0. The Bertz CT molecular complexity index is 327. The van der Waals surface area contributed by atoms with Crippen LogP contribution in [0, 0.1) is 6.92 Å². The Morgan fingerprint density at radius 2 is 2.06 bits per heavy atom. The van der Waals surface area contributed by atoms with Crippen LogP contribution in [0.1, 0.15) is 39.8 Å². The number of nitrogens with zero attached hydrogens (tertiary/aromatic N) is 1. The Morgan fingerprint density at radius 1 is 1.35 bits per heavy atom. The molecule has 3 heteroatoms. The number of ether oxygens (including phenoxy) is 1. The van der Waals surface area contributed by atoms with Gasteiger partial charge in [-0.1, -0.05) is 6.92 Å². The van der Waals surface area contributed by atoms with Crippen LogP contribution in [0.3, 0.4) is 0 Å². The zero-order chi connectivity index (χ0) is 12.9. The van der Waals surface area contributed by atoms with Gasteiger partial charge in [0.15, 0.2) is 0 Å². The molecule has 0 aliphatic carbocycles. The van der Waals surface area contributed by atoms with Crippen molar-refractivity contribution in [2.45, 2.75) is 52.7 Å². The molecule has 96 valence electrons. The standard InChI is InChI=1S/C14H24N2O/c1-6-12(10-16-14(3,4)5)17-13-8-7-11(2)15-9-13/h7-9,12,16H,6,10H2,1-5H3. The maximum atomic E-state index is 5.89. The van der Waals surface area contributed by atoms with E-state index in [9.17, 15) is 0 Å². The summed E-state index contributed by atoms with van der Waals surface area (Å²) in [5, 5.41) is 3.46. The highest BCUT2D eigenvalue weighted by Crippen LogP contribution is 2.12. The molecule has 1 rings (SSSR count). The SMILES string of the molecule is CCC(CNC(C)(C)C)Oc1ccc(C)nc1. The van der Waals surface area contributed by atoms with Gasteiger partial charge in [0.05, 0.1) is 6.20 Å². The molecule has 1 N–H and O–H groups in total. The summed E-state index contributed by atoms with van der Waals surface area (Å²) in [5.74, 6) is 0.846. The molecule has 0 aromatic carbocycles. The summed E-state index contributed by atoms with van der Waals surface area (Å²) in [5.41, 5.74) is 1.14. The van der Waals surface area contributed by atoms with Gasteiger partial charge in [0.2, 0.25) is 0 Å². The van der Waals surface area contributed by atoms with Crippen molar-refractivity contribution in [3.63, 3.8) is 0 Å². The maximum absolute atomic E-state index is 5.89. The first kappa shape index (κ1) is 14.0. The smallest absolute Gasteiger partial charge is 0.138 e. The molecule has 1 aromatic heterocycles. The lowest BCUT2D eigenvalue weighted by atomic mass is 10.1. The summed E-state index contributed by atoms with van der Waals surface area (Å²) in [6.45, 7) is 11.4. The highest BCUT2D eigenvalue weighted by Gasteiger charge is 2.14. The van der Waals surface area contributed by atoms with Gasteiger partial charge >= 0.3 is 0 Å². The topological polar surface area (TPSA) is 34.1 Å². The zero-order valence-corrected chi connectivity index (χ0v) is 11.6. The minimum Gasteiger partial charge on any atom is -0.488 e. The quantitative estimate of drug-likeness (QED) is 0.853. The molecule has 1 aromatic rings. The normalized spacial score (nSPS) is 13.5. The lowest BCUT2D eigenvalue weighted by Crippen LogP contribution is -2.42. The number of nitrogens with one attached hydrogen (secondary N) is 1. The van der Waals surface area contributed by atoms with E-state index in [1.54, 1.807) is 6.20 Å². The number of aromatic nitrogens is 1. The Labute approximate surface area is 105 Å². The number of hydrogen-bond acceptors (Lipinski definition) is 3. The van der Waals surface area contributed by atoms with Crippen molar-refractivity contribution in [1.29, 1.82) is 0 Å². The highest BCUT2D eigenvalue weighted by atomic mass is 16.5. The van der Waals surface area contributed by atoms with E-state index in [2.05, 4.69) is 38.0 Å². The Balaban J connectivity index is 2.49. The van der Waals surface area contributed by atoms with Crippen molar-refractivity contribution in [2.75, 3.05) is 6.54 Å². The first-order valence-corrected chi connectivity index (χ1v) is 6.25. The van der Waals surface area contributed by atoms with Crippen molar-refractivity contribution in [2.24, 2.45) is 0 Å². The highest BCUT2D eigenvalue weighted by molar-refractivity contribution is 5.19. The third kappa shape index (κ3) is 5.68. The van der Waals surface area contributed by atoms with Crippen LogP contribution in [0.25, 0.3) is 0 Å². The molecule has 3 nitrogen and oxygen atoms in total. The predicted octanol–water partition coefficient (Wildman–Crippen LogP) is 2.94. The Hall–Kier alpha value is -1.09. The fourth-order valence-corrected chi connectivity index (χ4v) is 1.41. The summed E-state index contributed by atoms with van der Waals surface area (Å²) < 4.78 is 5.89. The second kappa shape index (κ2) is 6.01. The second-order valence-electron chi connectivity index (χ2n) is 5.41. The third-order valence-corrected chi connectivity index (χ3v) is 2.50. The molecule has 0 saturated carbocycles. The summed E-state index contributed by atoms with van der Waals surface area (Å²) in [6.07, 6.45) is 2.96. The monoisotopic (exact) mass is 236 g/mol. The molecule has 1 heterocycles. The van der Waals surface area contributed by atoms with Gasteiger partial charge < -0.3 is 10.1 Å². The van der Waals surface area contributed by atoms with Crippen molar-refractivity contribution >= 4 is 0 Å². The van der Waals surface area contributed by atoms with Crippen LogP contribution in [0.15, 0.2) is 18.3 Å². The fraction of sp³-hybridized carbons (Fsp3) is 0.643. The molecule has 0 amide bonds. The van der Waals surface area contributed by atoms with Crippen LogP contribution in [0.2, 0.25) is 0 Å². The molecular weight excluding hydrogens is 212 g/mol. The molecule has 0 saturated heterocycles. The predicted molar refractivity (Wildman–Crippen MR) is 71.4 cm³/mol. The molecule has 0 spiro atoms. The number of pyridine rings is 1. The minimum absolute atomic E-state index is 0.127. The fourth-order valence-electron chi connectivity index (χ4n) is 1.41. The van der Waals surface area contributed by atoms with Gasteiger partial charge in [-0.25, -0.2) is 0 Å². The van der Waals surface area contributed by atoms with E-state index in [0.717, 1.165) is 24.4 Å². The van der Waals surface area contributed by atoms with Crippen LogP contribution < -0.4 is 10.1 Å². The molecule has 0 aliphatic rings. The van der Waals surface area contributed by atoms with E-state index >= 15 is 0 Å². The average molecular weight is 236 g/mol. The van der Waals surface area contributed by atoms with Gasteiger partial charge in [-0.05, 0) is 46.2 Å². The largest absolute Gasteiger partial charge is 0.488 e. The lowest BCUT2D eigenvalue weighted by molar-refractivity contribution is 0.180. The molecule has 1 unspecified atom stereocenters. The number of aryl methyl sites for hydroxylation is 1. The molecule has 0 aliphatic heterocycles. The average Bonchev–Trinajstić information content (AvgIpc) is 2.25. The first-order valence-electron chi connectivity index (χ1n) is 6.25. The van der Waals surface area contributed by atoms with Crippen LogP contribution in [0.4, 0.5) is 0 Å². The van der Waals surface area contributed by atoms with E-state index in [0.29, 0.717) is 0 Å². The van der Waals surface area contributed by atoms with Gasteiger partial charge in [-0.15, -0.1) is 0 Å². The van der Waals surface area contributed by atoms with E-state index < -0.39 is 0 Å². The van der Waals surface area contributed by atoms with Gasteiger partial charge in [-0.2, -0.15) is 0 Å². The van der Waals surface area contributed by atoms with Gasteiger partial charge in [-0.3, -0.25) is 4.98 Å². The summed E-state index contributed by atoms with van der Waals surface area (Å²) in [4.78, 5) is 4.23. The van der Waals surface area contributed by atoms with Crippen molar-refractivity contribution in [3.8, 4) is 5.75 Å². The van der Waals surface area contributed by atoms with Crippen molar-refractivity contribution in [3.05, 3.63) is 24.0 Å². The van der Waals surface area contributed by atoms with Crippen LogP contribution >= 0.6 is 0 Å². The third-order valence-electron chi connectivity index (χ3n) is 2.50. The lowest BCUT2D eigenvalue weighted by Gasteiger charge is -2.25. The van der Waals surface area contributed by atoms with Crippen molar-refractivity contribution < 1.29 is 4.74 Å². The maximum Gasteiger partial charge on any atom is 0.138 e. The van der Waals surface area contributed by atoms with E-state index in [-0.39, 0.29) is 11.6 Å². The van der Waals surface area contributed by atoms with E-state index in [4.69, 9.17) is 4.74 Å². The molecule has 0 fully saturated rings. The first-order chi connectivity index (χ1) is 7.90. The number of hydrogen-bond donors (Lipinski definition) is 1. The molecular formula is C14H24N2O. The molecule has 17 heavy (non-hydrogen) atoms. The molecule has 0 bridgehead atoms. The number of rotatable bonds is 5. The second-order valence-corrected chi connectivity index (χ2v) is 5.41. The van der Waals surface area contributed by atoms with E-state index in [1.165, 1.54) is 0 Å². The Morgan fingerprint density at radius 3 is 2.53 bits per heavy atom. The minimum atomic E-state index is 0.127. The van der Waals surface area contributed by atoms with Gasteiger partial charge in [0, 0.05) is 17.8 Å². The van der Waals surface area contributed by atoms with E-state index in [1.807, 2.05) is 19.1 Å². The molecule has 0 radical (unpaired) electrons. The Kier molecular flexibility index (Phi) is 4.94. The van der Waals surface area contributed by atoms with Crippen LogP contribution in [-0.4, -0.2) is 23.2 Å². The summed E-state index contributed by atoms with van der Waals surface area (Å²) in [6, 6.07) is 3.95.